The van der Waals surface area contributed by atoms with Crippen molar-refractivity contribution in [3.63, 3.8) is 0 Å². The van der Waals surface area contributed by atoms with E-state index in [1.807, 2.05) is 0 Å². The van der Waals surface area contributed by atoms with Crippen molar-refractivity contribution in [1.82, 2.24) is 10.2 Å². The summed E-state index contributed by atoms with van der Waals surface area (Å²) in [6, 6.07) is 9.10. The third kappa shape index (κ3) is 4.90. The summed E-state index contributed by atoms with van der Waals surface area (Å²) in [5, 5.41) is 3.66. The van der Waals surface area contributed by atoms with E-state index >= 15 is 0 Å². The fraction of sp³-hybridized carbons (Fsp3) is 0.600. The van der Waals surface area contributed by atoms with E-state index in [1.165, 1.54) is 18.2 Å². The minimum Gasteiger partial charge on any atom is -0.469 e. The summed E-state index contributed by atoms with van der Waals surface area (Å²) in [4.78, 5) is 18.7. The molecule has 26 heavy (non-hydrogen) atoms. The van der Waals surface area contributed by atoms with Crippen LogP contribution in [0.15, 0.2) is 29.3 Å². The molecule has 6 heteroatoms. The molecule has 144 valence electrons. The van der Waals surface area contributed by atoms with Gasteiger partial charge in [-0.1, -0.05) is 24.3 Å². The summed E-state index contributed by atoms with van der Waals surface area (Å²) in [6.07, 6.45) is 2.83. The number of likely N-dealkylation sites (tertiary alicyclic amines) is 1. The highest BCUT2D eigenvalue weighted by molar-refractivity contribution is 14.0. The van der Waals surface area contributed by atoms with Gasteiger partial charge in [-0.15, -0.1) is 24.0 Å². The van der Waals surface area contributed by atoms with E-state index in [1.54, 1.807) is 0 Å². The Morgan fingerprint density at radius 1 is 1.31 bits per heavy atom. The van der Waals surface area contributed by atoms with E-state index in [0.717, 1.165) is 44.9 Å². The van der Waals surface area contributed by atoms with Gasteiger partial charge in [-0.2, -0.15) is 0 Å². The van der Waals surface area contributed by atoms with Gasteiger partial charge >= 0.3 is 5.97 Å². The van der Waals surface area contributed by atoms with Crippen molar-refractivity contribution in [1.29, 1.82) is 0 Å². The van der Waals surface area contributed by atoms with Crippen molar-refractivity contribution >= 4 is 35.9 Å². The van der Waals surface area contributed by atoms with Crippen molar-refractivity contribution in [2.75, 3.05) is 26.7 Å². The van der Waals surface area contributed by atoms with Crippen LogP contribution in [0, 0.1) is 12.8 Å². The predicted molar refractivity (Wildman–Crippen MR) is 115 cm³/mol. The summed E-state index contributed by atoms with van der Waals surface area (Å²) >= 11 is 0. The number of nitrogens with one attached hydrogen (secondary N) is 1. The number of hydrogen-bond acceptors (Lipinski definition) is 3. The first-order valence-electron chi connectivity index (χ1n) is 9.33. The molecule has 2 unspecified atom stereocenters. The molecule has 2 atom stereocenters. The zero-order valence-corrected chi connectivity index (χ0v) is 18.2. The SMILES string of the molecule is CCN=C(NC1CC1c1ccccc1C)N1CCC(C(=O)OC)CC1.I. The van der Waals surface area contributed by atoms with Crippen LogP contribution in [0.3, 0.4) is 0 Å². The van der Waals surface area contributed by atoms with Crippen LogP contribution in [-0.4, -0.2) is 49.6 Å². The summed E-state index contributed by atoms with van der Waals surface area (Å²) in [6.45, 7) is 6.72. The number of benzene rings is 1. The van der Waals surface area contributed by atoms with Crippen LogP contribution in [0.2, 0.25) is 0 Å². The molecule has 0 radical (unpaired) electrons. The van der Waals surface area contributed by atoms with Gasteiger partial charge < -0.3 is 15.0 Å². The number of nitrogens with zero attached hydrogens (tertiary/aromatic N) is 2. The monoisotopic (exact) mass is 471 g/mol. The molecule has 2 fully saturated rings. The van der Waals surface area contributed by atoms with Gasteiger partial charge in [0.15, 0.2) is 5.96 Å². The van der Waals surface area contributed by atoms with E-state index in [4.69, 9.17) is 4.74 Å². The van der Waals surface area contributed by atoms with Gasteiger partial charge in [0.1, 0.15) is 0 Å². The predicted octanol–water partition coefficient (Wildman–Crippen LogP) is 3.32. The van der Waals surface area contributed by atoms with Gasteiger partial charge in [-0.3, -0.25) is 9.79 Å². The van der Waals surface area contributed by atoms with Crippen molar-refractivity contribution in [2.24, 2.45) is 10.9 Å². The van der Waals surface area contributed by atoms with E-state index in [0.29, 0.717) is 12.0 Å². The second-order valence-corrected chi connectivity index (χ2v) is 7.03. The number of rotatable bonds is 4. The lowest BCUT2D eigenvalue weighted by molar-refractivity contribution is -0.146. The number of hydrogen-bond donors (Lipinski definition) is 1. The molecule has 1 N–H and O–H groups in total. The topological polar surface area (TPSA) is 53.9 Å². The first kappa shape index (κ1) is 21.0. The molecule has 2 aliphatic rings. The summed E-state index contributed by atoms with van der Waals surface area (Å²) in [7, 11) is 1.47. The van der Waals surface area contributed by atoms with Gasteiger partial charge in [0.05, 0.1) is 13.0 Å². The fourth-order valence-corrected chi connectivity index (χ4v) is 3.75. The van der Waals surface area contributed by atoms with E-state index < -0.39 is 0 Å². The Kier molecular flexibility index (Phi) is 7.73. The fourth-order valence-electron chi connectivity index (χ4n) is 3.75. The number of guanidine groups is 1. The van der Waals surface area contributed by atoms with Crippen LogP contribution < -0.4 is 5.32 Å². The van der Waals surface area contributed by atoms with Crippen LogP contribution in [0.1, 0.15) is 43.2 Å². The molecule has 0 amide bonds. The van der Waals surface area contributed by atoms with Crippen molar-refractivity contribution in [2.45, 2.75) is 45.1 Å². The number of carbonyl (C=O) groups is 1. The van der Waals surface area contributed by atoms with Crippen molar-refractivity contribution in [3.8, 4) is 0 Å². The lowest BCUT2D eigenvalue weighted by Gasteiger charge is -2.33. The number of methoxy groups -OCH3 is 1. The molecule has 1 aromatic carbocycles. The summed E-state index contributed by atoms with van der Waals surface area (Å²) in [5.74, 6) is 1.52. The van der Waals surface area contributed by atoms with Crippen LogP contribution in [-0.2, 0) is 9.53 Å². The number of esters is 1. The average molecular weight is 471 g/mol. The Morgan fingerprint density at radius 3 is 2.62 bits per heavy atom. The molecule has 1 aliphatic heterocycles. The van der Waals surface area contributed by atoms with Crippen LogP contribution in [0.5, 0.6) is 0 Å². The zero-order valence-electron chi connectivity index (χ0n) is 15.9. The normalized spacial score (nSPS) is 23.2. The molecule has 1 saturated heterocycles. The highest BCUT2D eigenvalue weighted by atomic mass is 127. The Labute approximate surface area is 173 Å². The molecule has 0 spiro atoms. The number of carbonyl (C=O) groups excluding carboxylic acids is 1. The Morgan fingerprint density at radius 2 is 2.00 bits per heavy atom. The molecule has 1 aliphatic carbocycles. The Balaban J connectivity index is 0.00000243. The van der Waals surface area contributed by atoms with Gasteiger partial charge in [-0.05, 0) is 44.2 Å². The van der Waals surface area contributed by atoms with E-state index in [9.17, 15) is 4.79 Å². The Bertz CT molecular complexity index is 642. The third-order valence-corrected chi connectivity index (χ3v) is 5.33. The molecular weight excluding hydrogens is 441 g/mol. The smallest absolute Gasteiger partial charge is 0.308 e. The van der Waals surface area contributed by atoms with Crippen LogP contribution >= 0.6 is 24.0 Å². The highest BCUT2D eigenvalue weighted by Gasteiger charge is 2.40. The van der Waals surface area contributed by atoms with Crippen LogP contribution in [0.25, 0.3) is 0 Å². The largest absolute Gasteiger partial charge is 0.469 e. The molecule has 1 saturated carbocycles. The first-order valence-corrected chi connectivity index (χ1v) is 9.33. The van der Waals surface area contributed by atoms with Gasteiger partial charge in [0.25, 0.3) is 0 Å². The maximum Gasteiger partial charge on any atom is 0.308 e. The van der Waals surface area contributed by atoms with Crippen LogP contribution in [0.4, 0.5) is 0 Å². The minimum atomic E-state index is -0.0802. The van der Waals surface area contributed by atoms with Gasteiger partial charge in [-0.25, -0.2) is 0 Å². The number of ether oxygens (including phenoxy) is 1. The maximum absolute atomic E-state index is 11.7. The average Bonchev–Trinajstić information content (AvgIpc) is 3.40. The van der Waals surface area contributed by atoms with Crippen molar-refractivity contribution in [3.05, 3.63) is 35.4 Å². The second-order valence-electron chi connectivity index (χ2n) is 7.03. The van der Waals surface area contributed by atoms with E-state index in [-0.39, 0.29) is 35.9 Å². The quantitative estimate of drug-likeness (QED) is 0.317. The molecular formula is C20H30IN3O2. The Hall–Kier alpha value is -1.31. The summed E-state index contributed by atoms with van der Waals surface area (Å²) in [5.41, 5.74) is 2.81. The molecule has 5 nitrogen and oxygen atoms in total. The second kappa shape index (κ2) is 9.58. The first-order chi connectivity index (χ1) is 12.1. The lowest BCUT2D eigenvalue weighted by Crippen LogP contribution is -2.47. The maximum atomic E-state index is 11.7. The minimum absolute atomic E-state index is 0. The number of halogens is 1. The number of piperidine rings is 1. The number of aliphatic imine (C=N–C) groups is 1. The molecule has 1 heterocycles. The molecule has 0 aromatic heterocycles. The van der Waals surface area contributed by atoms with Gasteiger partial charge in [0, 0.05) is 31.6 Å². The zero-order chi connectivity index (χ0) is 17.8. The molecule has 1 aromatic rings. The lowest BCUT2D eigenvalue weighted by atomic mass is 9.97. The highest BCUT2D eigenvalue weighted by Crippen LogP contribution is 2.42. The van der Waals surface area contributed by atoms with Crippen molar-refractivity contribution < 1.29 is 9.53 Å². The molecule has 0 bridgehead atoms. The number of aryl methyl sites for hydroxylation is 1. The molecule has 3 rings (SSSR count). The van der Waals surface area contributed by atoms with Gasteiger partial charge in [0.2, 0.25) is 0 Å². The summed E-state index contributed by atoms with van der Waals surface area (Å²) < 4.78 is 4.88. The third-order valence-electron chi connectivity index (χ3n) is 5.33. The standard InChI is InChI=1S/C20H29N3O2.HI/c1-4-21-20(23-11-9-15(10-12-23)19(24)25-3)22-18-13-17(18)16-8-6-5-7-14(16)2;/h5-8,15,17-18H,4,9-13H2,1-3H3,(H,21,22);1H. The van der Waals surface area contributed by atoms with E-state index in [2.05, 4.69) is 53.3 Å².